The third kappa shape index (κ3) is 17.1. The van der Waals surface area contributed by atoms with Crippen LogP contribution in [0.15, 0.2) is 0 Å². The topological polar surface area (TPSA) is 26.3 Å². The molecule has 0 N–H and O–H groups in total. The molecule has 1 unspecified atom stereocenters. The highest BCUT2D eigenvalue weighted by Crippen LogP contribution is 2.16. The number of halogens is 2. The van der Waals surface area contributed by atoms with Gasteiger partial charge in [0.1, 0.15) is 4.83 Å². The van der Waals surface area contributed by atoms with Crippen molar-refractivity contribution < 1.29 is 9.53 Å². The molecule has 0 aliphatic heterocycles. The van der Waals surface area contributed by atoms with E-state index >= 15 is 0 Å². The number of alkyl halides is 2. The Labute approximate surface area is 160 Å². The Morgan fingerprint density at radius 3 is 1.43 bits per heavy atom. The number of esters is 1. The van der Waals surface area contributed by atoms with Crippen LogP contribution in [0.3, 0.4) is 0 Å². The summed E-state index contributed by atoms with van der Waals surface area (Å²) < 4.78 is 4.70. The van der Waals surface area contributed by atoms with Crippen LogP contribution in [0.4, 0.5) is 0 Å². The van der Waals surface area contributed by atoms with Gasteiger partial charge >= 0.3 is 5.97 Å². The second-order valence-electron chi connectivity index (χ2n) is 6.42. The monoisotopic (exact) mass is 454 g/mol. The van der Waals surface area contributed by atoms with Crippen LogP contribution in [0.25, 0.3) is 0 Å². The summed E-state index contributed by atoms with van der Waals surface area (Å²) in [5.74, 6) is -0.145. The Hall–Kier alpha value is 0.430. The lowest BCUT2D eigenvalue weighted by Crippen LogP contribution is -2.15. The lowest BCUT2D eigenvalue weighted by molar-refractivity contribution is -0.139. The molecular weight excluding hydrogens is 420 g/mol. The quantitative estimate of drug-likeness (QED) is 0.132. The van der Waals surface area contributed by atoms with E-state index in [1.807, 2.05) is 0 Å². The Morgan fingerprint density at radius 1 is 0.739 bits per heavy atom. The summed E-state index contributed by atoms with van der Waals surface area (Å²) >= 11 is 6.85. The van der Waals surface area contributed by atoms with Crippen LogP contribution in [-0.2, 0) is 9.53 Å². The maximum Gasteiger partial charge on any atom is 0.319 e. The molecule has 0 aliphatic carbocycles. The first-order valence-corrected chi connectivity index (χ1v) is 11.5. The van der Waals surface area contributed by atoms with Crippen LogP contribution in [0.1, 0.15) is 96.3 Å². The minimum absolute atomic E-state index is 0.119. The predicted molar refractivity (Wildman–Crippen MR) is 108 cm³/mol. The maximum absolute atomic E-state index is 11.2. The number of hydrogen-bond acceptors (Lipinski definition) is 2. The molecule has 23 heavy (non-hydrogen) atoms. The molecule has 1 atom stereocenters. The van der Waals surface area contributed by atoms with Gasteiger partial charge in [-0.2, -0.15) is 0 Å². The van der Waals surface area contributed by atoms with E-state index in [4.69, 9.17) is 4.74 Å². The highest BCUT2D eigenvalue weighted by atomic mass is 79.9. The van der Waals surface area contributed by atoms with Crippen molar-refractivity contribution in [2.24, 2.45) is 0 Å². The zero-order chi connectivity index (χ0) is 17.2. The fraction of sp³-hybridized carbons (Fsp3) is 0.947. The molecule has 4 heteroatoms. The lowest BCUT2D eigenvalue weighted by Gasteiger charge is -2.07. The summed E-state index contributed by atoms with van der Waals surface area (Å²) in [5, 5.41) is 1.16. The predicted octanol–water partition coefficient (Wildman–Crippen LogP) is 7.17. The number of carbonyl (C=O) groups is 1. The van der Waals surface area contributed by atoms with E-state index in [1.165, 1.54) is 90.6 Å². The molecule has 0 fully saturated rings. The Morgan fingerprint density at radius 2 is 1.09 bits per heavy atom. The van der Waals surface area contributed by atoms with E-state index in [0.29, 0.717) is 0 Å². The van der Waals surface area contributed by atoms with Crippen molar-refractivity contribution in [3.63, 3.8) is 0 Å². The van der Waals surface area contributed by atoms with Crippen LogP contribution < -0.4 is 0 Å². The van der Waals surface area contributed by atoms with Crippen molar-refractivity contribution in [3.05, 3.63) is 0 Å². The van der Waals surface area contributed by atoms with Crippen LogP contribution in [0.5, 0.6) is 0 Å². The number of methoxy groups -OCH3 is 1. The molecule has 0 rings (SSSR count). The zero-order valence-electron chi connectivity index (χ0n) is 15.0. The summed E-state index contributed by atoms with van der Waals surface area (Å²) in [6, 6.07) is 0. The van der Waals surface area contributed by atoms with Gasteiger partial charge in [0.15, 0.2) is 0 Å². The van der Waals surface area contributed by atoms with Gasteiger partial charge in [0.25, 0.3) is 0 Å². The molecule has 0 aliphatic rings. The SMILES string of the molecule is COC(=O)C(Br)CCCCCCCCCCCCCCCCBr. The number of carbonyl (C=O) groups excluding carboxylic acids is 1. The minimum atomic E-state index is -0.145. The summed E-state index contributed by atoms with van der Waals surface area (Å²) in [6.45, 7) is 0. The highest BCUT2D eigenvalue weighted by molar-refractivity contribution is 9.10. The van der Waals surface area contributed by atoms with Crippen molar-refractivity contribution in [1.29, 1.82) is 0 Å². The van der Waals surface area contributed by atoms with Crippen molar-refractivity contribution in [1.82, 2.24) is 0 Å². The van der Waals surface area contributed by atoms with Crippen molar-refractivity contribution >= 4 is 37.8 Å². The first kappa shape index (κ1) is 23.4. The normalized spacial score (nSPS) is 12.3. The van der Waals surface area contributed by atoms with E-state index in [9.17, 15) is 4.79 Å². The minimum Gasteiger partial charge on any atom is -0.468 e. The maximum atomic E-state index is 11.2. The molecule has 0 amide bonds. The molecule has 0 spiro atoms. The number of rotatable bonds is 17. The van der Waals surface area contributed by atoms with E-state index < -0.39 is 0 Å². The van der Waals surface area contributed by atoms with E-state index in [0.717, 1.165) is 18.2 Å². The van der Waals surface area contributed by atoms with Crippen molar-refractivity contribution in [2.75, 3.05) is 12.4 Å². The smallest absolute Gasteiger partial charge is 0.319 e. The largest absolute Gasteiger partial charge is 0.468 e. The second-order valence-corrected chi connectivity index (χ2v) is 8.32. The zero-order valence-corrected chi connectivity index (χ0v) is 18.1. The molecule has 0 aromatic heterocycles. The van der Waals surface area contributed by atoms with Gasteiger partial charge in [-0.15, -0.1) is 0 Å². The molecule has 2 nitrogen and oxygen atoms in total. The second kappa shape index (κ2) is 18.8. The molecule has 0 aromatic carbocycles. The third-order valence-corrected chi connectivity index (χ3v) is 5.69. The van der Waals surface area contributed by atoms with E-state index in [-0.39, 0.29) is 10.8 Å². The standard InChI is InChI=1S/C19H36Br2O2/c1-23-19(22)18(21)16-14-12-10-8-6-4-2-3-5-7-9-11-13-15-17-20/h18H,2-17H2,1H3. The van der Waals surface area contributed by atoms with Gasteiger partial charge in [-0.25, -0.2) is 0 Å². The Kier molecular flexibility index (Phi) is 19.1. The van der Waals surface area contributed by atoms with Crippen LogP contribution in [0, 0.1) is 0 Å². The molecular formula is C19H36Br2O2. The van der Waals surface area contributed by atoms with Gasteiger partial charge in [0.05, 0.1) is 7.11 Å². The molecule has 0 bridgehead atoms. The summed E-state index contributed by atoms with van der Waals surface area (Å²) in [7, 11) is 1.45. The molecule has 138 valence electrons. The number of ether oxygens (including phenoxy) is 1. The summed E-state index contributed by atoms with van der Waals surface area (Å²) in [5.41, 5.74) is 0. The van der Waals surface area contributed by atoms with E-state index in [1.54, 1.807) is 0 Å². The van der Waals surface area contributed by atoms with Gasteiger partial charge in [0, 0.05) is 5.33 Å². The van der Waals surface area contributed by atoms with Crippen molar-refractivity contribution in [3.8, 4) is 0 Å². The third-order valence-electron chi connectivity index (χ3n) is 4.30. The molecule has 0 aromatic rings. The lowest BCUT2D eigenvalue weighted by atomic mass is 10.0. The molecule has 0 heterocycles. The van der Waals surface area contributed by atoms with Crippen LogP contribution in [-0.4, -0.2) is 23.2 Å². The number of hydrogen-bond donors (Lipinski definition) is 0. The van der Waals surface area contributed by atoms with Crippen molar-refractivity contribution in [2.45, 2.75) is 101 Å². The Balaban J connectivity index is 3.09. The summed E-state index contributed by atoms with van der Waals surface area (Å²) in [6.07, 6.45) is 19.9. The average Bonchev–Trinajstić information content (AvgIpc) is 2.57. The Bertz CT molecular complexity index is 260. The van der Waals surface area contributed by atoms with Gasteiger partial charge in [-0.3, -0.25) is 4.79 Å². The molecule has 0 radical (unpaired) electrons. The van der Waals surface area contributed by atoms with Crippen LogP contribution >= 0.6 is 31.9 Å². The molecule has 0 saturated carbocycles. The first-order chi connectivity index (χ1) is 11.2. The van der Waals surface area contributed by atoms with Crippen LogP contribution in [0.2, 0.25) is 0 Å². The van der Waals surface area contributed by atoms with Gasteiger partial charge < -0.3 is 4.74 Å². The fourth-order valence-electron chi connectivity index (χ4n) is 2.79. The molecule has 0 saturated heterocycles. The van der Waals surface area contributed by atoms with Gasteiger partial charge in [-0.05, 0) is 12.8 Å². The highest BCUT2D eigenvalue weighted by Gasteiger charge is 2.13. The average molecular weight is 456 g/mol. The first-order valence-electron chi connectivity index (χ1n) is 9.50. The van der Waals surface area contributed by atoms with Gasteiger partial charge in [0.2, 0.25) is 0 Å². The van der Waals surface area contributed by atoms with E-state index in [2.05, 4.69) is 31.9 Å². The fourth-order valence-corrected chi connectivity index (χ4v) is 3.69. The summed E-state index contributed by atoms with van der Waals surface area (Å²) in [4.78, 5) is 11.1. The van der Waals surface area contributed by atoms with Gasteiger partial charge in [-0.1, -0.05) is 115 Å². The number of unbranched alkanes of at least 4 members (excludes halogenated alkanes) is 13.